The lowest BCUT2D eigenvalue weighted by Crippen LogP contribution is -2.15. The lowest BCUT2D eigenvalue weighted by atomic mass is 10.1. The number of nitrogens with two attached hydrogens (primary N) is 1. The Balaban J connectivity index is 2.26. The van der Waals surface area contributed by atoms with Crippen molar-refractivity contribution in [1.29, 1.82) is 0 Å². The average Bonchev–Trinajstić information content (AvgIpc) is 3.08. The van der Waals surface area contributed by atoms with Crippen molar-refractivity contribution in [2.75, 3.05) is 0 Å². The number of sulfonamides is 1. The zero-order valence-corrected chi connectivity index (χ0v) is 15.7. The number of aliphatic hydroxyl groups is 1. The highest BCUT2D eigenvalue weighted by atomic mass is 32.2. The van der Waals surface area contributed by atoms with Crippen LogP contribution in [0.25, 0.3) is 16.9 Å². The van der Waals surface area contributed by atoms with E-state index in [0.717, 1.165) is 22.9 Å². The molecule has 0 aliphatic heterocycles. The number of rotatable bonds is 4. The van der Waals surface area contributed by atoms with Crippen LogP contribution >= 0.6 is 0 Å². The van der Waals surface area contributed by atoms with Gasteiger partial charge in [0, 0.05) is 5.56 Å². The van der Waals surface area contributed by atoms with Gasteiger partial charge in [-0.05, 0) is 60.5 Å². The summed E-state index contributed by atoms with van der Waals surface area (Å²) in [5.74, 6) is -0.518. The molecular weight excluding hydrogens is 414 g/mol. The lowest BCUT2D eigenvalue weighted by Gasteiger charge is -2.12. The minimum Gasteiger partial charge on any atom is -0.392 e. The normalized spacial score (nSPS) is 12.4. The second-order valence-electron chi connectivity index (χ2n) is 6.28. The lowest BCUT2D eigenvalue weighted by molar-refractivity contribution is -0.141. The molecule has 1 aromatic heterocycles. The molecular formula is C18H15F4N3O3S. The first kappa shape index (κ1) is 21.0. The van der Waals surface area contributed by atoms with Crippen molar-refractivity contribution >= 4 is 10.0 Å². The van der Waals surface area contributed by atoms with Crippen LogP contribution in [0.1, 0.15) is 16.8 Å². The molecule has 0 fully saturated rings. The number of alkyl halides is 3. The van der Waals surface area contributed by atoms with Gasteiger partial charge in [-0.25, -0.2) is 22.6 Å². The summed E-state index contributed by atoms with van der Waals surface area (Å²) in [7, 11) is -4.15. The van der Waals surface area contributed by atoms with E-state index in [-0.39, 0.29) is 33.0 Å². The quantitative estimate of drug-likeness (QED) is 0.623. The van der Waals surface area contributed by atoms with Gasteiger partial charge in [0.25, 0.3) is 0 Å². The molecule has 0 aliphatic carbocycles. The topological polar surface area (TPSA) is 98.2 Å². The third-order valence-electron chi connectivity index (χ3n) is 4.22. The molecule has 2 aromatic carbocycles. The summed E-state index contributed by atoms with van der Waals surface area (Å²) < 4.78 is 77.5. The van der Waals surface area contributed by atoms with Crippen LogP contribution in [0.15, 0.2) is 47.4 Å². The maximum atomic E-state index is 13.6. The third kappa shape index (κ3) is 4.16. The van der Waals surface area contributed by atoms with Crippen molar-refractivity contribution in [1.82, 2.24) is 9.78 Å². The van der Waals surface area contributed by atoms with Crippen molar-refractivity contribution in [2.24, 2.45) is 5.14 Å². The van der Waals surface area contributed by atoms with E-state index in [1.807, 2.05) is 0 Å². The number of aryl methyl sites for hydroxylation is 1. The van der Waals surface area contributed by atoms with Gasteiger partial charge in [-0.2, -0.15) is 18.3 Å². The summed E-state index contributed by atoms with van der Waals surface area (Å²) in [4.78, 5) is -0.355. The van der Waals surface area contributed by atoms with Crippen LogP contribution in [-0.4, -0.2) is 23.3 Å². The third-order valence-corrected chi connectivity index (χ3v) is 5.23. The molecule has 0 saturated heterocycles. The fourth-order valence-electron chi connectivity index (χ4n) is 2.82. The van der Waals surface area contributed by atoms with Crippen molar-refractivity contribution in [3.63, 3.8) is 0 Å². The minimum absolute atomic E-state index is 0.00710. The van der Waals surface area contributed by atoms with E-state index in [9.17, 15) is 31.1 Å². The second-order valence-corrected chi connectivity index (χ2v) is 7.81. The molecule has 0 atom stereocenters. The fraction of sp³-hybridized carbons (Fsp3) is 0.167. The van der Waals surface area contributed by atoms with E-state index in [0.29, 0.717) is 0 Å². The smallest absolute Gasteiger partial charge is 0.392 e. The summed E-state index contributed by atoms with van der Waals surface area (Å²) in [6.45, 7) is 0.757. The molecule has 0 bridgehead atoms. The maximum Gasteiger partial charge on any atom is 0.435 e. The zero-order chi connectivity index (χ0) is 21.6. The molecule has 11 heteroatoms. The number of primary sulfonamides is 1. The Morgan fingerprint density at radius 2 is 1.83 bits per heavy atom. The first-order valence-corrected chi connectivity index (χ1v) is 9.67. The molecule has 154 valence electrons. The predicted molar refractivity (Wildman–Crippen MR) is 96.0 cm³/mol. The molecule has 0 spiro atoms. The molecule has 3 N–H and O–H groups in total. The van der Waals surface area contributed by atoms with Crippen molar-refractivity contribution in [3.8, 4) is 16.9 Å². The van der Waals surface area contributed by atoms with E-state index in [1.165, 1.54) is 31.2 Å². The Bertz CT molecular complexity index is 1190. The summed E-state index contributed by atoms with van der Waals surface area (Å²) in [5.41, 5.74) is -0.718. The first-order valence-electron chi connectivity index (χ1n) is 8.12. The van der Waals surface area contributed by atoms with Gasteiger partial charge in [0.1, 0.15) is 5.82 Å². The Morgan fingerprint density at radius 3 is 2.38 bits per heavy atom. The van der Waals surface area contributed by atoms with Gasteiger partial charge in [-0.1, -0.05) is 0 Å². The first-order chi connectivity index (χ1) is 13.4. The summed E-state index contributed by atoms with van der Waals surface area (Å²) in [6.07, 6.45) is -4.74. The molecule has 0 radical (unpaired) electrons. The Morgan fingerprint density at radius 1 is 1.14 bits per heavy atom. The number of halogens is 4. The molecule has 0 aliphatic rings. The largest absolute Gasteiger partial charge is 0.435 e. The second kappa shape index (κ2) is 7.25. The summed E-state index contributed by atoms with van der Waals surface area (Å²) >= 11 is 0. The monoisotopic (exact) mass is 429 g/mol. The van der Waals surface area contributed by atoms with Crippen molar-refractivity contribution < 1.29 is 31.1 Å². The van der Waals surface area contributed by atoms with E-state index < -0.39 is 34.3 Å². The van der Waals surface area contributed by atoms with Crippen molar-refractivity contribution in [2.45, 2.75) is 24.6 Å². The Labute approximate surface area is 163 Å². The molecule has 0 unspecified atom stereocenters. The SMILES string of the molecule is Cc1cc(-c2cc(C(F)(F)F)nn2-c2ccc(S(N)(=O)=O)c(CO)c2)ccc1F. The predicted octanol–water partition coefficient (Wildman–Crippen LogP) is 3.15. The number of benzene rings is 2. The zero-order valence-electron chi connectivity index (χ0n) is 14.9. The molecule has 0 amide bonds. The Kier molecular flexibility index (Phi) is 5.24. The van der Waals surface area contributed by atoms with Gasteiger partial charge in [0.05, 0.1) is 22.9 Å². The highest BCUT2D eigenvalue weighted by molar-refractivity contribution is 7.89. The number of aliphatic hydroxyl groups excluding tert-OH is 1. The van der Waals surface area contributed by atoms with Crippen LogP contribution in [0.2, 0.25) is 0 Å². The van der Waals surface area contributed by atoms with Crippen LogP contribution in [0.5, 0.6) is 0 Å². The number of aromatic nitrogens is 2. The van der Waals surface area contributed by atoms with Crippen LogP contribution < -0.4 is 5.14 Å². The fourth-order valence-corrected chi connectivity index (χ4v) is 3.57. The highest BCUT2D eigenvalue weighted by Gasteiger charge is 2.35. The van der Waals surface area contributed by atoms with E-state index >= 15 is 0 Å². The minimum atomic E-state index is -4.74. The molecule has 1 heterocycles. The number of nitrogens with zero attached hydrogens (tertiary/aromatic N) is 2. The van der Waals surface area contributed by atoms with Crippen LogP contribution in [-0.2, 0) is 22.8 Å². The number of hydrogen-bond donors (Lipinski definition) is 2. The molecule has 29 heavy (non-hydrogen) atoms. The molecule has 6 nitrogen and oxygen atoms in total. The van der Waals surface area contributed by atoms with Gasteiger partial charge >= 0.3 is 6.18 Å². The average molecular weight is 429 g/mol. The van der Waals surface area contributed by atoms with Gasteiger partial charge in [-0.3, -0.25) is 0 Å². The van der Waals surface area contributed by atoms with Crippen LogP contribution in [0.3, 0.4) is 0 Å². The van der Waals surface area contributed by atoms with E-state index in [2.05, 4.69) is 5.10 Å². The Hall–Kier alpha value is -2.76. The summed E-state index contributed by atoms with van der Waals surface area (Å²) in [5, 5.41) is 18.1. The number of hydrogen-bond acceptors (Lipinski definition) is 4. The van der Waals surface area contributed by atoms with Crippen molar-refractivity contribution in [3.05, 3.63) is 65.1 Å². The van der Waals surface area contributed by atoms with Gasteiger partial charge in [0.2, 0.25) is 10.0 Å². The van der Waals surface area contributed by atoms with Gasteiger partial charge < -0.3 is 5.11 Å². The maximum absolute atomic E-state index is 13.6. The highest BCUT2D eigenvalue weighted by Crippen LogP contribution is 2.34. The molecule has 3 rings (SSSR count). The standard InChI is InChI=1S/C18H15F4N3O3S/c1-10-6-11(2-4-14(10)19)15-8-17(18(20,21)22)24-25(15)13-3-5-16(29(23,27)28)12(7-13)9-26/h2-8,26H,9H2,1H3,(H2,23,27,28). The van der Waals surface area contributed by atoms with E-state index in [1.54, 1.807) is 0 Å². The molecule has 3 aromatic rings. The van der Waals surface area contributed by atoms with Crippen LogP contribution in [0.4, 0.5) is 17.6 Å². The molecule has 0 saturated carbocycles. The van der Waals surface area contributed by atoms with Gasteiger partial charge in [0.15, 0.2) is 5.69 Å². The van der Waals surface area contributed by atoms with Gasteiger partial charge in [-0.15, -0.1) is 0 Å². The van der Waals surface area contributed by atoms with E-state index in [4.69, 9.17) is 5.14 Å². The summed E-state index contributed by atoms with van der Waals surface area (Å²) in [6, 6.07) is 8.07. The van der Waals surface area contributed by atoms with Crippen LogP contribution in [0, 0.1) is 12.7 Å².